The van der Waals surface area contributed by atoms with Gasteiger partial charge in [-0.15, -0.1) is 0 Å². The van der Waals surface area contributed by atoms with E-state index in [1.165, 1.54) is 0 Å². The summed E-state index contributed by atoms with van der Waals surface area (Å²) in [5, 5.41) is 16.7. The SMILES string of the molecule is N#CCCn1cc(C(=O)Nc2ccc(Cl)cc2)c(-c2ccccc2)n1. The number of aryl methyl sites for hydroxylation is 1. The third-order valence-electron chi connectivity index (χ3n) is 3.61. The van der Waals surface area contributed by atoms with Crippen LogP contribution in [0.3, 0.4) is 0 Å². The number of anilines is 1. The van der Waals surface area contributed by atoms with Crippen LogP contribution in [-0.4, -0.2) is 15.7 Å². The number of nitriles is 1. The number of carbonyl (C=O) groups is 1. The first kappa shape index (κ1) is 16.7. The summed E-state index contributed by atoms with van der Waals surface area (Å²) in [6, 6.07) is 18.5. The first-order valence-corrected chi connectivity index (χ1v) is 8.12. The van der Waals surface area contributed by atoms with Crippen LogP contribution in [0.1, 0.15) is 16.8 Å². The number of amides is 1. The molecule has 2 aromatic carbocycles. The Labute approximate surface area is 150 Å². The van der Waals surface area contributed by atoms with Gasteiger partial charge in [0.25, 0.3) is 5.91 Å². The minimum atomic E-state index is -0.260. The number of rotatable bonds is 5. The topological polar surface area (TPSA) is 70.7 Å². The molecule has 0 fully saturated rings. The van der Waals surface area contributed by atoms with Gasteiger partial charge in [0, 0.05) is 22.5 Å². The molecule has 0 bridgehead atoms. The largest absolute Gasteiger partial charge is 0.322 e. The number of carbonyl (C=O) groups excluding carboxylic acids is 1. The van der Waals surface area contributed by atoms with Crippen molar-refractivity contribution >= 4 is 23.2 Å². The van der Waals surface area contributed by atoms with Gasteiger partial charge in [0.2, 0.25) is 0 Å². The predicted molar refractivity (Wildman–Crippen MR) is 97.3 cm³/mol. The van der Waals surface area contributed by atoms with E-state index >= 15 is 0 Å². The van der Waals surface area contributed by atoms with Crippen molar-refractivity contribution in [1.82, 2.24) is 9.78 Å². The maximum absolute atomic E-state index is 12.7. The summed E-state index contributed by atoms with van der Waals surface area (Å²) in [5.41, 5.74) is 2.54. The fourth-order valence-electron chi connectivity index (χ4n) is 2.41. The van der Waals surface area contributed by atoms with Crippen molar-refractivity contribution in [2.24, 2.45) is 0 Å². The zero-order valence-electron chi connectivity index (χ0n) is 13.3. The fourth-order valence-corrected chi connectivity index (χ4v) is 2.53. The predicted octanol–water partition coefficient (Wildman–Crippen LogP) is 4.37. The molecule has 3 aromatic rings. The molecule has 0 aliphatic rings. The van der Waals surface area contributed by atoms with Gasteiger partial charge in [0.15, 0.2) is 0 Å². The summed E-state index contributed by atoms with van der Waals surface area (Å²) < 4.78 is 1.63. The van der Waals surface area contributed by atoms with Crippen molar-refractivity contribution in [2.75, 3.05) is 5.32 Å². The van der Waals surface area contributed by atoms with Crippen LogP contribution in [0.4, 0.5) is 5.69 Å². The highest BCUT2D eigenvalue weighted by Crippen LogP contribution is 2.23. The molecule has 0 spiro atoms. The molecule has 1 amide bonds. The molecule has 3 rings (SSSR count). The molecule has 0 aliphatic carbocycles. The molecule has 0 atom stereocenters. The Morgan fingerprint density at radius 3 is 2.56 bits per heavy atom. The van der Waals surface area contributed by atoms with Gasteiger partial charge in [-0.25, -0.2) is 0 Å². The molecule has 25 heavy (non-hydrogen) atoms. The van der Waals surface area contributed by atoms with Crippen LogP contribution < -0.4 is 5.32 Å². The molecule has 0 aliphatic heterocycles. The van der Waals surface area contributed by atoms with Crippen molar-refractivity contribution in [1.29, 1.82) is 5.26 Å². The lowest BCUT2D eigenvalue weighted by molar-refractivity contribution is 0.102. The second kappa shape index (κ2) is 7.65. The van der Waals surface area contributed by atoms with E-state index in [-0.39, 0.29) is 5.91 Å². The quantitative estimate of drug-likeness (QED) is 0.742. The van der Waals surface area contributed by atoms with Gasteiger partial charge in [-0.2, -0.15) is 10.4 Å². The average molecular weight is 351 g/mol. The van der Waals surface area contributed by atoms with Crippen LogP contribution in [-0.2, 0) is 6.54 Å². The lowest BCUT2D eigenvalue weighted by Gasteiger charge is -2.05. The molecule has 124 valence electrons. The molecule has 0 unspecified atom stereocenters. The Bertz CT molecular complexity index is 911. The van der Waals surface area contributed by atoms with Crippen LogP contribution in [0, 0.1) is 11.3 Å². The van der Waals surface area contributed by atoms with Gasteiger partial charge in [-0.1, -0.05) is 41.9 Å². The fraction of sp³-hybridized carbons (Fsp3) is 0.105. The van der Waals surface area contributed by atoms with Crippen LogP contribution in [0.2, 0.25) is 5.02 Å². The summed E-state index contributed by atoms with van der Waals surface area (Å²) in [5.74, 6) is -0.260. The second-order valence-electron chi connectivity index (χ2n) is 5.39. The highest BCUT2D eigenvalue weighted by molar-refractivity contribution is 6.30. The number of nitrogens with one attached hydrogen (secondary N) is 1. The van der Waals surface area contributed by atoms with Crippen LogP contribution >= 0.6 is 11.6 Å². The highest BCUT2D eigenvalue weighted by atomic mass is 35.5. The van der Waals surface area contributed by atoms with Crippen molar-refractivity contribution < 1.29 is 4.79 Å². The van der Waals surface area contributed by atoms with E-state index in [1.54, 1.807) is 35.1 Å². The van der Waals surface area contributed by atoms with Gasteiger partial charge >= 0.3 is 0 Å². The van der Waals surface area contributed by atoms with E-state index in [9.17, 15) is 4.79 Å². The first-order chi connectivity index (χ1) is 12.2. The maximum atomic E-state index is 12.7. The summed E-state index contributed by atoms with van der Waals surface area (Å²) in [4.78, 5) is 12.7. The third-order valence-corrected chi connectivity index (χ3v) is 3.86. The number of halogens is 1. The average Bonchev–Trinajstić information content (AvgIpc) is 3.07. The number of hydrogen-bond acceptors (Lipinski definition) is 3. The van der Waals surface area contributed by atoms with Crippen LogP contribution in [0.15, 0.2) is 60.8 Å². The van der Waals surface area contributed by atoms with Crippen molar-refractivity contribution in [3.8, 4) is 17.3 Å². The molecule has 0 saturated carbocycles. The lowest BCUT2D eigenvalue weighted by Crippen LogP contribution is -2.12. The zero-order valence-corrected chi connectivity index (χ0v) is 14.1. The Balaban J connectivity index is 1.92. The number of nitrogens with zero attached hydrogens (tertiary/aromatic N) is 3. The Morgan fingerprint density at radius 2 is 1.88 bits per heavy atom. The first-order valence-electron chi connectivity index (χ1n) is 7.74. The van der Waals surface area contributed by atoms with Crippen molar-refractivity contribution in [3.63, 3.8) is 0 Å². The summed E-state index contributed by atoms with van der Waals surface area (Å²) in [6.45, 7) is 0.435. The maximum Gasteiger partial charge on any atom is 0.259 e. The third kappa shape index (κ3) is 4.06. The van der Waals surface area contributed by atoms with Crippen LogP contribution in [0.25, 0.3) is 11.3 Å². The van der Waals surface area contributed by atoms with E-state index in [4.69, 9.17) is 16.9 Å². The number of hydrogen-bond donors (Lipinski definition) is 1. The minimum Gasteiger partial charge on any atom is -0.322 e. The highest BCUT2D eigenvalue weighted by Gasteiger charge is 2.18. The molecule has 1 N–H and O–H groups in total. The molecular formula is C19H15ClN4O. The van der Waals surface area contributed by atoms with E-state index in [1.807, 2.05) is 30.3 Å². The summed E-state index contributed by atoms with van der Waals surface area (Å²) in [7, 11) is 0. The molecule has 0 radical (unpaired) electrons. The van der Waals surface area contributed by atoms with Crippen LogP contribution in [0.5, 0.6) is 0 Å². The van der Waals surface area contributed by atoms with E-state index in [0.29, 0.717) is 34.9 Å². The second-order valence-corrected chi connectivity index (χ2v) is 5.83. The van der Waals surface area contributed by atoms with Gasteiger partial charge in [0.05, 0.1) is 24.6 Å². The summed E-state index contributed by atoms with van der Waals surface area (Å²) >= 11 is 5.87. The molecule has 1 aromatic heterocycles. The van der Waals surface area contributed by atoms with E-state index < -0.39 is 0 Å². The summed E-state index contributed by atoms with van der Waals surface area (Å²) in [6.07, 6.45) is 2.00. The Kier molecular flexibility index (Phi) is 5.12. The standard InChI is InChI=1S/C19H15ClN4O/c20-15-7-9-16(10-8-15)22-19(25)17-13-24(12-4-11-21)23-18(17)14-5-2-1-3-6-14/h1-3,5-10,13H,4,12H2,(H,22,25). The van der Waals surface area contributed by atoms with Gasteiger partial charge < -0.3 is 5.32 Å². The molecule has 0 saturated heterocycles. The molecule has 5 nitrogen and oxygen atoms in total. The van der Waals surface area contributed by atoms with E-state index in [2.05, 4.69) is 16.5 Å². The monoisotopic (exact) mass is 350 g/mol. The molecule has 6 heteroatoms. The zero-order chi connectivity index (χ0) is 17.6. The van der Waals surface area contributed by atoms with Crippen molar-refractivity contribution in [3.05, 3.63) is 71.4 Å². The Morgan fingerprint density at radius 1 is 1.16 bits per heavy atom. The number of aromatic nitrogens is 2. The van der Waals surface area contributed by atoms with Gasteiger partial charge in [0.1, 0.15) is 5.69 Å². The normalized spacial score (nSPS) is 10.2. The lowest BCUT2D eigenvalue weighted by atomic mass is 10.1. The molecule has 1 heterocycles. The van der Waals surface area contributed by atoms with E-state index in [0.717, 1.165) is 5.56 Å². The Hall–Kier alpha value is -3.10. The van der Waals surface area contributed by atoms with Gasteiger partial charge in [-0.05, 0) is 24.3 Å². The minimum absolute atomic E-state index is 0.260. The van der Waals surface area contributed by atoms with Crippen molar-refractivity contribution in [2.45, 2.75) is 13.0 Å². The smallest absolute Gasteiger partial charge is 0.259 e. The number of benzene rings is 2. The van der Waals surface area contributed by atoms with Gasteiger partial charge in [-0.3, -0.25) is 9.48 Å². The molecular weight excluding hydrogens is 336 g/mol.